The molecule has 1 amide bonds. The molecule has 2 unspecified atom stereocenters. The maximum atomic E-state index is 12.0. The number of carbonyl (C=O) groups is 1. The zero-order valence-corrected chi connectivity index (χ0v) is 10.7. The second kappa shape index (κ2) is 5.83. The molecule has 2 aliphatic rings. The van der Waals surface area contributed by atoms with Crippen molar-refractivity contribution >= 4 is 5.91 Å². The normalized spacial score (nSPS) is 28.4. The van der Waals surface area contributed by atoms with Crippen molar-refractivity contribution in [2.45, 2.75) is 51.2 Å². The van der Waals surface area contributed by atoms with E-state index in [2.05, 4.69) is 6.92 Å². The number of nitrogens with two attached hydrogens (primary N) is 1. The summed E-state index contributed by atoms with van der Waals surface area (Å²) < 4.78 is 5.51. The number of likely N-dealkylation sites (tertiary alicyclic amines) is 1. The molecule has 2 fully saturated rings. The van der Waals surface area contributed by atoms with E-state index in [4.69, 9.17) is 10.5 Å². The van der Waals surface area contributed by atoms with E-state index in [0.29, 0.717) is 12.3 Å². The van der Waals surface area contributed by atoms with Gasteiger partial charge in [0.15, 0.2) is 0 Å². The highest BCUT2D eigenvalue weighted by atomic mass is 16.5. The third kappa shape index (κ3) is 3.42. The maximum absolute atomic E-state index is 12.0. The second-order valence-electron chi connectivity index (χ2n) is 5.42. The molecule has 2 rings (SSSR count). The molecule has 0 aliphatic carbocycles. The van der Waals surface area contributed by atoms with Crippen molar-refractivity contribution in [1.29, 1.82) is 0 Å². The number of hydrogen-bond acceptors (Lipinski definition) is 3. The van der Waals surface area contributed by atoms with Crippen LogP contribution in [0.3, 0.4) is 0 Å². The van der Waals surface area contributed by atoms with Crippen LogP contribution in [0, 0.1) is 5.92 Å². The van der Waals surface area contributed by atoms with Crippen LogP contribution in [0.1, 0.15) is 39.0 Å². The number of carbonyl (C=O) groups excluding carboxylic acids is 1. The second-order valence-corrected chi connectivity index (χ2v) is 5.42. The molecule has 17 heavy (non-hydrogen) atoms. The molecule has 0 aromatic heterocycles. The van der Waals surface area contributed by atoms with Gasteiger partial charge in [0.05, 0.1) is 12.5 Å². The van der Waals surface area contributed by atoms with Crippen molar-refractivity contribution in [3.63, 3.8) is 0 Å². The van der Waals surface area contributed by atoms with E-state index < -0.39 is 0 Å². The van der Waals surface area contributed by atoms with Gasteiger partial charge < -0.3 is 15.4 Å². The van der Waals surface area contributed by atoms with Crippen molar-refractivity contribution in [2.24, 2.45) is 11.7 Å². The fraction of sp³-hybridized carbons (Fsp3) is 0.923. The Balaban J connectivity index is 1.74. The van der Waals surface area contributed by atoms with Gasteiger partial charge in [0.25, 0.3) is 0 Å². The van der Waals surface area contributed by atoms with E-state index in [1.165, 1.54) is 0 Å². The summed E-state index contributed by atoms with van der Waals surface area (Å²) in [5.41, 5.74) is 5.90. The van der Waals surface area contributed by atoms with E-state index in [1.807, 2.05) is 4.90 Å². The smallest absolute Gasteiger partial charge is 0.225 e. The lowest BCUT2D eigenvalue weighted by molar-refractivity contribution is -0.135. The first-order valence-electron chi connectivity index (χ1n) is 6.82. The number of ether oxygens (including phenoxy) is 1. The Labute approximate surface area is 103 Å². The van der Waals surface area contributed by atoms with Gasteiger partial charge in [-0.2, -0.15) is 0 Å². The zero-order valence-electron chi connectivity index (χ0n) is 10.7. The van der Waals surface area contributed by atoms with Crippen LogP contribution in [0.5, 0.6) is 0 Å². The predicted octanol–water partition coefficient (Wildman–Crippen LogP) is 1.14. The first-order chi connectivity index (χ1) is 8.16. The topological polar surface area (TPSA) is 55.6 Å². The molecular weight excluding hydrogens is 216 g/mol. The number of nitrogens with zero attached hydrogens (tertiary/aromatic N) is 1. The van der Waals surface area contributed by atoms with Crippen molar-refractivity contribution in [3.05, 3.63) is 0 Å². The molecular formula is C13H24N2O2. The fourth-order valence-electron chi connectivity index (χ4n) is 2.80. The van der Waals surface area contributed by atoms with Crippen LogP contribution in [0.2, 0.25) is 0 Å². The van der Waals surface area contributed by atoms with Gasteiger partial charge in [-0.1, -0.05) is 0 Å². The molecule has 2 saturated heterocycles. The molecule has 2 heterocycles. The highest BCUT2D eigenvalue weighted by molar-refractivity contribution is 5.76. The summed E-state index contributed by atoms with van der Waals surface area (Å²) in [6.45, 7) is 4.63. The third-order valence-corrected chi connectivity index (χ3v) is 4.06. The van der Waals surface area contributed by atoms with Crippen molar-refractivity contribution in [2.75, 3.05) is 19.7 Å². The van der Waals surface area contributed by atoms with Crippen molar-refractivity contribution in [1.82, 2.24) is 4.90 Å². The monoisotopic (exact) mass is 240 g/mol. The Hall–Kier alpha value is -0.610. The third-order valence-electron chi connectivity index (χ3n) is 4.06. The van der Waals surface area contributed by atoms with Crippen LogP contribution in [0.15, 0.2) is 0 Å². The van der Waals surface area contributed by atoms with E-state index >= 15 is 0 Å². The molecule has 4 nitrogen and oxygen atoms in total. The van der Waals surface area contributed by atoms with Crippen LogP contribution < -0.4 is 5.73 Å². The lowest BCUT2D eigenvalue weighted by atomic mass is 9.91. The molecule has 0 radical (unpaired) electrons. The molecule has 0 saturated carbocycles. The summed E-state index contributed by atoms with van der Waals surface area (Å²) in [6.07, 6.45) is 4.99. The predicted molar refractivity (Wildman–Crippen MR) is 66.5 cm³/mol. The minimum absolute atomic E-state index is 0.175. The van der Waals surface area contributed by atoms with Gasteiger partial charge in [0.1, 0.15) is 0 Å². The Kier molecular flexibility index (Phi) is 4.40. The van der Waals surface area contributed by atoms with Crippen LogP contribution in [0.4, 0.5) is 0 Å². The molecule has 98 valence electrons. The molecule has 2 atom stereocenters. The van der Waals surface area contributed by atoms with Crippen LogP contribution in [0.25, 0.3) is 0 Å². The lowest BCUT2D eigenvalue weighted by Gasteiger charge is -2.34. The van der Waals surface area contributed by atoms with Crippen LogP contribution in [-0.2, 0) is 9.53 Å². The number of piperidine rings is 1. The molecule has 0 aromatic carbocycles. The summed E-state index contributed by atoms with van der Waals surface area (Å²) in [5.74, 6) is 0.849. The Morgan fingerprint density at radius 3 is 2.65 bits per heavy atom. The van der Waals surface area contributed by atoms with Gasteiger partial charge in [-0.3, -0.25) is 4.79 Å². The number of hydrogen-bond donors (Lipinski definition) is 1. The first kappa shape index (κ1) is 12.8. The van der Waals surface area contributed by atoms with E-state index in [9.17, 15) is 4.79 Å². The molecule has 0 aromatic rings. The largest absolute Gasteiger partial charge is 0.378 e. The SMILES string of the molecule is CC(N)C1CCN(C(=O)CC2CCCO2)CC1. The molecule has 0 spiro atoms. The van der Waals surface area contributed by atoms with E-state index in [0.717, 1.165) is 45.4 Å². The van der Waals surface area contributed by atoms with Gasteiger partial charge in [-0.25, -0.2) is 0 Å². The molecule has 2 aliphatic heterocycles. The Morgan fingerprint density at radius 2 is 2.12 bits per heavy atom. The first-order valence-corrected chi connectivity index (χ1v) is 6.82. The minimum Gasteiger partial charge on any atom is -0.378 e. The molecule has 4 heteroatoms. The van der Waals surface area contributed by atoms with Gasteiger partial charge in [0, 0.05) is 25.7 Å². The summed E-state index contributed by atoms with van der Waals surface area (Å²) in [5, 5.41) is 0. The highest BCUT2D eigenvalue weighted by Gasteiger charge is 2.27. The number of rotatable bonds is 3. The Bertz CT molecular complexity index is 254. The average Bonchev–Trinajstić information content (AvgIpc) is 2.82. The maximum Gasteiger partial charge on any atom is 0.225 e. The zero-order chi connectivity index (χ0) is 12.3. The minimum atomic E-state index is 0.175. The van der Waals surface area contributed by atoms with Crippen molar-refractivity contribution in [3.8, 4) is 0 Å². The van der Waals surface area contributed by atoms with Gasteiger partial charge in [-0.05, 0) is 38.5 Å². The van der Waals surface area contributed by atoms with Crippen LogP contribution >= 0.6 is 0 Å². The highest BCUT2D eigenvalue weighted by Crippen LogP contribution is 2.22. The van der Waals surface area contributed by atoms with Crippen molar-refractivity contribution < 1.29 is 9.53 Å². The standard InChI is InChI=1S/C13H24N2O2/c1-10(14)11-4-6-15(7-5-11)13(16)9-12-3-2-8-17-12/h10-12H,2-9,14H2,1H3. The molecule has 0 bridgehead atoms. The average molecular weight is 240 g/mol. The molecule has 2 N–H and O–H groups in total. The summed E-state index contributed by atoms with van der Waals surface area (Å²) in [7, 11) is 0. The summed E-state index contributed by atoms with van der Waals surface area (Å²) in [4.78, 5) is 14.0. The van der Waals surface area contributed by atoms with Gasteiger partial charge in [-0.15, -0.1) is 0 Å². The van der Waals surface area contributed by atoms with Gasteiger partial charge in [0.2, 0.25) is 5.91 Å². The van der Waals surface area contributed by atoms with E-state index in [-0.39, 0.29) is 18.1 Å². The van der Waals surface area contributed by atoms with Crippen LogP contribution in [-0.4, -0.2) is 42.6 Å². The fourth-order valence-corrected chi connectivity index (χ4v) is 2.80. The lowest BCUT2D eigenvalue weighted by Crippen LogP contribution is -2.43. The quantitative estimate of drug-likeness (QED) is 0.805. The van der Waals surface area contributed by atoms with Gasteiger partial charge >= 0.3 is 0 Å². The number of amides is 1. The summed E-state index contributed by atoms with van der Waals surface area (Å²) >= 11 is 0. The Morgan fingerprint density at radius 1 is 1.41 bits per heavy atom. The van der Waals surface area contributed by atoms with E-state index in [1.54, 1.807) is 0 Å². The summed E-state index contributed by atoms with van der Waals surface area (Å²) in [6, 6.07) is 0.255.